The highest BCUT2D eigenvalue weighted by Gasteiger charge is 2.18. The molecule has 50 heavy (non-hydrogen) atoms. The predicted octanol–water partition coefficient (Wildman–Crippen LogP) is 11.1. The van der Waals surface area contributed by atoms with Crippen LogP contribution in [0.4, 0.5) is 0 Å². The van der Waals surface area contributed by atoms with E-state index in [1.54, 1.807) is 0 Å². The van der Waals surface area contributed by atoms with E-state index < -0.39 is 0 Å². The van der Waals surface area contributed by atoms with E-state index in [2.05, 4.69) is 83.0 Å². The number of ether oxygens (including phenoxy) is 2. The normalized spacial score (nSPS) is 13.2. The van der Waals surface area contributed by atoms with Gasteiger partial charge in [-0.05, 0) is 107 Å². The van der Waals surface area contributed by atoms with Gasteiger partial charge in [-0.2, -0.15) is 0 Å². The number of aryl methyl sites for hydroxylation is 2. The van der Waals surface area contributed by atoms with E-state index in [0.29, 0.717) is 61.6 Å². The zero-order valence-electron chi connectivity index (χ0n) is 34.4. The lowest BCUT2D eigenvalue weighted by Crippen LogP contribution is -2.28. The molecule has 7 heteroatoms. The number of hydrogen-bond donors (Lipinski definition) is 0. The van der Waals surface area contributed by atoms with E-state index in [4.69, 9.17) is 9.47 Å². The van der Waals surface area contributed by atoms with Crippen molar-refractivity contribution in [2.45, 2.75) is 178 Å². The van der Waals surface area contributed by atoms with Gasteiger partial charge < -0.3 is 18.9 Å². The van der Waals surface area contributed by atoms with Gasteiger partial charge in [0.1, 0.15) is 5.82 Å². The molecule has 2 atom stereocenters. The zero-order valence-corrected chi connectivity index (χ0v) is 34.4. The fraction of sp³-hybridized carbons (Fsp3) is 0.884. The largest absolute Gasteiger partial charge is 0.465 e. The van der Waals surface area contributed by atoms with Crippen molar-refractivity contribution in [3.8, 4) is 0 Å². The van der Waals surface area contributed by atoms with Crippen LogP contribution in [0.1, 0.15) is 170 Å². The van der Waals surface area contributed by atoms with E-state index in [-0.39, 0.29) is 11.9 Å². The van der Waals surface area contributed by atoms with Gasteiger partial charge in [-0.3, -0.25) is 9.59 Å². The first-order chi connectivity index (χ1) is 23.9. The Morgan fingerprint density at radius 3 is 1.44 bits per heavy atom. The number of hydrogen-bond acceptors (Lipinski definition) is 6. The molecular weight excluding hydrogens is 622 g/mol. The van der Waals surface area contributed by atoms with Crippen molar-refractivity contribution in [3.63, 3.8) is 0 Å². The number of imidazole rings is 1. The lowest BCUT2D eigenvalue weighted by molar-refractivity contribution is -0.146. The second-order valence-corrected chi connectivity index (χ2v) is 16.7. The van der Waals surface area contributed by atoms with Gasteiger partial charge in [-0.25, -0.2) is 4.98 Å². The van der Waals surface area contributed by atoms with E-state index in [1.165, 1.54) is 51.4 Å². The SMILES string of the molecule is Cc1nccn1CCCN(CCCCCCCC(=O)OCC(CCC(C)C)C(C)C)CCCCCCCC(=O)OCC(CCC(C)C)C(C)C. The third-order valence-electron chi connectivity index (χ3n) is 10.5. The molecule has 0 saturated heterocycles. The Bertz CT molecular complexity index is 919. The number of carbonyl (C=O) groups excluding carboxylic acids is 2. The molecular formula is C43H81N3O4. The van der Waals surface area contributed by atoms with Gasteiger partial charge in [0.25, 0.3) is 0 Å². The van der Waals surface area contributed by atoms with E-state index in [0.717, 1.165) is 76.9 Å². The molecule has 1 rings (SSSR count). The molecule has 0 N–H and O–H groups in total. The van der Waals surface area contributed by atoms with Crippen LogP contribution in [0, 0.1) is 42.4 Å². The molecule has 1 aromatic rings. The van der Waals surface area contributed by atoms with Gasteiger partial charge in [0.05, 0.1) is 13.2 Å². The molecule has 0 aliphatic rings. The van der Waals surface area contributed by atoms with E-state index in [9.17, 15) is 9.59 Å². The number of rotatable bonds is 32. The van der Waals surface area contributed by atoms with Crippen LogP contribution in [-0.2, 0) is 25.6 Å². The summed E-state index contributed by atoms with van der Waals surface area (Å²) in [5, 5.41) is 0. The van der Waals surface area contributed by atoms with Crippen LogP contribution in [0.3, 0.4) is 0 Å². The lowest BCUT2D eigenvalue weighted by atomic mass is 9.89. The molecule has 2 unspecified atom stereocenters. The fourth-order valence-corrected chi connectivity index (χ4v) is 6.57. The topological polar surface area (TPSA) is 73.7 Å². The van der Waals surface area contributed by atoms with Gasteiger partial charge in [-0.1, -0.05) is 107 Å². The molecule has 0 aliphatic carbocycles. The van der Waals surface area contributed by atoms with Gasteiger partial charge in [0, 0.05) is 31.8 Å². The third-order valence-corrected chi connectivity index (χ3v) is 10.5. The average molecular weight is 704 g/mol. The van der Waals surface area contributed by atoms with Crippen molar-refractivity contribution in [2.24, 2.45) is 35.5 Å². The lowest BCUT2D eigenvalue weighted by Gasteiger charge is -2.22. The smallest absolute Gasteiger partial charge is 0.305 e. The van der Waals surface area contributed by atoms with Gasteiger partial charge in [-0.15, -0.1) is 0 Å². The second-order valence-electron chi connectivity index (χ2n) is 16.7. The maximum absolute atomic E-state index is 12.4. The molecule has 292 valence electrons. The first-order valence-electron chi connectivity index (χ1n) is 20.9. The maximum Gasteiger partial charge on any atom is 0.305 e. The zero-order chi connectivity index (χ0) is 37.1. The summed E-state index contributed by atoms with van der Waals surface area (Å²) < 4.78 is 13.6. The van der Waals surface area contributed by atoms with Crippen molar-refractivity contribution in [3.05, 3.63) is 18.2 Å². The maximum atomic E-state index is 12.4. The minimum Gasteiger partial charge on any atom is -0.465 e. The highest BCUT2D eigenvalue weighted by molar-refractivity contribution is 5.69. The van der Waals surface area contributed by atoms with Gasteiger partial charge in [0.15, 0.2) is 0 Å². The van der Waals surface area contributed by atoms with Crippen molar-refractivity contribution in [1.82, 2.24) is 14.5 Å². The molecule has 0 aromatic carbocycles. The molecule has 7 nitrogen and oxygen atoms in total. The van der Waals surface area contributed by atoms with Crippen molar-refractivity contribution in [1.29, 1.82) is 0 Å². The highest BCUT2D eigenvalue weighted by atomic mass is 16.5. The van der Waals surface area contributed by atoms with Crippen LogP contribution in [0.15, 0.2) is 12.4 Å². The molecule has 0 aliphatic heterocycles. The van der Waals surface area contributed by atoms with Crippen LogP contribution in [0.25, 0.3) is 0 Å². The predicted molar refractivity (Wildman–Crippen MR) is 210 cm³/mol. The number of nitrogens with zero attached hydrogens (tertiary/aromatic N) is 3. The summed E-state index contributed by atoms with van der Waals surface area (Å²) in [5.41, 5.74) is 0. The Labute approximate surface area is 309 Å². The first-order valence-corrected chi connectivity index (χ1v) is 20.9. The van der Waals surface area contributed by atoms with Crippen LogP contribution < -0.4 is 0 Å². The van der Waals surface area contributed by atoms with Crippen molar-refractivity contribution >= 4 is 11.9 Å². The van der Waals surface area contributed by atoms with E-state index >= 15 is 0 Å². The molecule has 0 spiro atoms. The monoisotopic (exact) mass is 704 g/mol. The molecule has 0 saturated carbocycles. The number of carbonyl (C=O) groups is 2. The molecule has 0 radical (unpaired) electrons. The Morgan fingerprint density at radius 2 is 1.04 bits per heavy atom. The van der Waals surface area contributed by atoms with Crippen LogP contribution >= 0.6 is 0 Å². The van der Waals surface area contributed by atoms with Crippen LogP contribution in [-0.4, -0.2) is 59.2 Å². The van der Waals surface area contributed by atoms with Gasteiger partial charge >= 0.3 is 11.9 Å². The molecule has 1 heterocycles. The van der Waals surface area contributed by atoms with Crippen molar-refractivity contribution < 1.29 is 19.1 Å². The summed E-state index contributed by atoms with van der Waals surface area (Å²) in [7, 11) is 0. The summed E-state index contributed by atoms with van der Waals surface area (Å²) in [6.45, 7) is 25.6. The third kappa shape index (κ3) is 24.3. The standard InChI is InChI=1S/C43H81N3O4/c1-35(2)23-25-40(37(5)6)33-49-42(47)21-16-12-10-14-18-28-45(30-20-31-46-32-27-44-39(46)9)29-19-15-11-13-17-22-43(48)50-34-41(38(7)8)26-24-36(3)4/h27,32,35-38,40-41H,10-26,28-31,33-34H2,1-9H3. The van der Waals surface area contributed by atoms with Crippen molar-refractivity contribution in [2.75, 3.05) is 32.8 Å². The minimum atomic E-state index is -0.0215. The quantitative estimate of drug-likeness (QED) is 0.0549. The first kappa shape index (κ1) is 46.1. The average Bonchev–Trinajstić information content (AvgIpc) is 3.46. The Morgan fingerprint density at radius 1 is 0.620 bits per heavy atom. The van der Waals surface area contributed by atoms with Crippen LogP contribution in [0.2, 0.25) is 0 Å². The Kier molecular flexibility index (Phi) is 26.4. The molecule has 0 fully saturated rings. The number of aromatic nitrogens is 2. The Hall–Kier alpha value is -1.89. The summed E-state index contributed by atoms with van der Waals surface area (Å²) in [4.78, 5) is 31.7. The minimum absolute atomic E-state index is 0.0215. The molecule has 1 aromatic heterocycles. The number of unbranched alkanes of at least 4 members (excludes halogenated alkanes) is 8. The summed E-state index contributed by atoms with van der Waals surface area (Å²) in [6.07, 6.45) is 22.1. The summed E-state index contributed by atoms with van der Waals surface area (Å²) in [6, 6.07) is 0. The summed E-state index contributed by atoms with van der Waals surface area (Å²) in [5.74, 6) is 4.46. The summed E-state index contributed by atoms with van der Waals surface area (Å²) >= 11 is 0. The second kappa shape index (κ2) is 28.7. The van der Waals surface area contributed by atoms with Crippen LogP contribution in [0.5, 0.6) is 0 Å². The highest BCUT2D eigenvalue weighted by Crippen LogP contribution is 2.22. The van der Waals surface area contributed by atoms with E-state index in [1.807, 2.05) is 6.20 Å². The molecule has 0 bridgehead atoms. The van der Waals surface area contributed by atoms with Gasteiger partial charge in [0.2, 0.25) is 0 Å². The molecule has 0 amide bonds. The fourth-order valence-electron chi connectivity index (χ4n) is 6.57. The Balaban J connectivity index is 2.28. The number of esters is 2.